The van der Waals surface area contributed by atoms with E-state index in [9.17, 15) is 0 Å². The molecule has 0 radical (unpaired) electrons. The summed E-state index contributed by atoms with van der Waals surface area (Å²) in [5, 5.41) is 4.50. The predicted molar refractivity (Wildman–Crippen MR) is 63.9 cm³/mol. The number of aromatic nitrogens is 2. The Balaban J connectivity index is 2.20. The Bertz CT molecular complexity index is 476. The highest BCUT2D eigenvalue weighted by Gasteiger charge is 2.08. The number of aryl methyl sites for hydroxylation is 2. The van der Waals surface area contributed by atoms with Crippen LogP contribution in [0.15, 0.2) is 32.9 Å². The highest BCUT2D eigenvalue weighted by atomic mass is 32.2. The summed E-state index contributed by atoms with van der Waals surface area (Å²) < 4.78 is 5.48. The normalized spacial score (nSPS) is 10.4. The second kappa shape index (κ2) is 4.57. The van der Waals surface area contributed by atoms with Gasteiger partial charge in [0.25, 0.3) is 5.22 Å². The highest BCUT2D eigenvalue weighted by Crippen LogP contribution is 2.27. The lowest BCUT2D eigenvalue weighted by Gasteiger charge is -2.00. The van der Waals surface area contributed by atoms with Gasteiger partial charge in [-0.05, 0) is 37.7 Å². The Labute approximate surface area is 98.5 Å². The summed E-state index contributed by atoms with van der Waals surface area (Å²) >= 11 is 1.42. The van der Waals surface area contributed by atoms with E-state index in [-0.39, 0.29) is 0 Å². The van der Waals surface area contributed by atoms with E-state index >= 15 is 0 Å². The fourth-order valence-corrected chi connectivity index (χ4v) is 2.01. The molecule has 0 unspecified atom stereocenters. The zero-order chi connectivity index (χ0) is 11.5. The molecule has 0 saturated carbocycles. The molecule has 0 bridgehead atoms. The predicted octanol–water partition coefficient (Wildman–Crippen LogP) is 2.88. The molecule has 4 nitrogen and oxygen atoms in total. The zero-order valence-corrected chi connectivity index (χ0v) is 10.3. The maximum Gasteiger partial charge on any atom is 0.262 e. The summed E-state index contributed by atoms with van der Waals surface area (Å²) in [4.78, 5) is 8.67. The summed E-state index contributed by atoms with van der Waals surface area (Å²) in [6.45, 7) is 3.84. The Morgan fingerprint density at radius 3 is 2.69 bits per heavy atom. The maximum atomic E-state index is 5.48. The van der Waals surface area contributed by atoms with E-state index in [0.29, 0.717) is 5.22 Å². The van der Waals surface area contributed by atoms with Crippen LogP contribution in [-0.2, 0) is 0 Å². The van der Waals surface area contributed by atoms with Gasteiger partial charge in [0.2, 0.25) is 0 Å². The summed E-state index contributed by atoms with van der Waals surface area (Å²) in [5.41, 5.74) is 0.923. The van der Waals surface area contributed by atoms with Crippen LogP contribution >= 0.6 is 11.8 Å². The first-order chi connectivity index (χ1) is 7.69. The van der Waals surface area contributed by atoms with Crippen molar-refractivity contribution in [2.75, 3.05) is 12.4 Å². The van der Waals surface area contributed by atoms with Crippen LogP contribution < -0.4 is 5.32 Å². The molecule has 0 aliphatic heterocycles. The van der Waals surface area contributed by atoms with Gasteiger partial charge in [0.1, 0.15) is 16.6 Å². The van der Waals surface area contributed by atoms with Crippen LogP contribution in [0.1, 0.15) is 11.5 Å². The number of nitrogens with one attached hydrogen (secondary N) is 1. The monoisotopic (exact) mass is 235 g/mol. The minimum Gasteiger partial charge on any atom is -0.436 e. The lowest BCUT2D eigenvalue weighted by atomic mass is 10.4. The van der Waals surface area contributed by atoms with Crippen molar-refractivity contribution in [3.63, 3.8) is 0 Å². The second-order valence-corrected chi connectivity index (χ2v) is 4.31. The number of oxazole rings is 1. The van der Waals surface area contributed by atoms with E-state index in [1.54, 1.807) is 0 Å². The van der Waals surface area contributed by atoms with Crippen molar-refractivity contribution < 1.29 is 4.42 Å². The van der Waals surface area contributed by atoms with Gasteiger partial charge in [0.05, 0.1) is 5.69 Å². The largest absolute Gasteiger partial charge is 0.436 e. The van der Waals surface area contributed by atoms with Gasteiger partial charge < -0.3 is 9.73 Å². The van der Waals surface area contributed by atoms with E-state index < -0.39 is 0 Å². The molecule has 2 rings (SSSR count). The minimum atomic E-state index is 0.635. The van der Waals surface area contributed by atoms with E-state index in [2.05, 4.69) is 15.3 Å². The number of nitrogens with zero attached hydrogens (tertiary/aromatic N) is 2. The van der Waals surface area contributed by atoms with Crippen molar-refractivity contribution in [2.24, 2.45) is 0 Å². The summed E-state index contributed by atoms with van der Waals surface area (Å²) in [5.74, 6) is 1.69. The highest BCUT2D eigenvalue weighted by molar-refractivity contribution is 7.99. The van der Waals surface area contributed by atoms with Crippen molar-refractivity contribution in [2.45, 2.75) is 24.1 Å². The summed E-state index contributed by atoms with van der Waals surface area (Å²) in [6, 6.07) is 5.79. The van der Waals surface area contributed by atoms with Crippen LogP contribution in [0, 0.1) is 13.8 Å². The molecular formula is C11H13N3OS. The Hall–Kier alpha value is -1.49. The van der Waals surface area contributed by atoms with Crippen molar-refractivity contribution in [1.82, 2.24) is 9.97 Å². The molecule has 0 atom stereocenters. The Morgan fingerprint density at radius 2 is 2.06 bits per heavy atom. The lowest BCUT2D eigenvalue weighted by molar-refractivity contribution is 0.431. The van der Waals surface area contributed by atoms with Crippen LogP contribution in [0.2, 0.25) is 0 Å². The molecule has 1 N–H and O–H groups in total. The minimum absolute atomic E-state index is 0.635. The first-order valence-electron chi connectivity index (χ1n) is 4.95. The Morgan fingerprint density at radius 1 is 1.25 bits per heavy atom. The van der Waals surface area contributed by atoms with Gasteiger partial charge in [-0.3, -0.25) is 0 Å². The number of rotatable bonds is 3. The molecule has 0 fully saturated rings. The van der Waals surface area contributed by atoms with Crippen LogP contribution in [0.25, 0.3) is 0 Å². The van der Waals surface area contributed by atoms with Gasteiger partial charge >= 0.3 is 0 Å². The lowest BCUT2D eigenvalue weighted by Crippen LogP contribution is -1.91. The molecule has 0 aromatic carbocycles. The molecule has 84 valence electrons. The molecule has 0 spiro atoms. The van der Waals surface area contributed by atoms with E-state index in [1.807, 2.05) is 39.1 Å². The first-order valence-corrected chi connectivity index (χ1v) is 5.77. The standard InChI is InChI=1S/C11H13N3OS/c1-7-8(2)15-11(13-7)16-10-6-4-5-9(12-3)14-10/h4-6H,1-3H3,(H,12,14). The van der Waals surface area contributed by atoms with Crippen LogP contribution in [-0.4, -0.2) is 17.0 Å². The molecule has 5 heteroatoms. The quantitative estimate of drug-likeness (QED) is 0.886. The van der Waals surface area contributed by atoms with E-state index in [1.165, 1.54) is 11.8 Å². The van der Waals surface area contributed by atoms with Crippen molar-refractivity contribution in [1.29, 1.82) is 0 Å². The van der Waals surface area contributed by atoms with Crippen molar-refractivity contribution in [3.8, 4) is 0 Å². The number of anilines is 1. The second-order valence-electron chi connectivity index (χ2n) is 3.33. The fraction of sp³-hybridized carbons (Fsp3) is 0.273. The molecule has 0 amide bonds. The number of hydrogen-bond donors (Lipinski definition) is 1. The summed E-state index contributed by atoms with van der Waals surface area (Å²) in [7, 11) is 1.84. The molecule has 2 aromatic heterocycles. The van der Waals surface area contributed by atoms with E-state index in [4.69, 9.17) is 4.42 Å². The third-order valence-corrected chi connectivity index (χ3v) is 2.97. The van der Waals surface area contributed by atoms with Crippen molar-refractivity contribution >= 4 is 17.6 Å². The van der Waals surface area contributed by atoms with Gasteiger partial charge in [-0.1, -0.05) is 6.07 Å². The summed E-state index contributed by atoms with van der Waals surface area (Å²) in [6.07, 6.45) is 0. The Kier molecular flexibility index (Phi) is 3.14. The third kappa shape index (κ3) is 2.36. The zero-order valence-electron chi connectivity index (χ0n) is 9.44. The van der Waals surface area contributed by atoms with Gasteiger partial charge in [0, 0.05) is 7.05 Å². The topological polar surface area (TPSA) is 51.0 Å². The van der Waals surface area contributed by atoms with E-state index in [0.717, 1.165) is 22.3 Å². The molecule has 2 heterocycles. The fourth-order valence-electron chi connectivity index (χ4n) is 1.19. The maximum absolute atomic E-state index is 5.48. The first kappa shape index (κ1) is 11.0. The molecule has 0 aliphatic rings. The van der Waals surface area contributed by atoms with Crippen molar-refractivity contribution in [3.05, 3.63) is 29.7 Å². The third-order valence-electron chi connectivity index (χ3n) is 2.18. The van der Waals surface area contributed by atoms with Gasteiger partial charge in [-0.25, -0.2) is 9.97 Å². The average molecular weight is 235 g/mol. The van der Waals surface area contributed by atoms with Crippen LogP contribution in [0.5, 0.6) is 0 Å². The number of pyridine rings is 1. The van der Waals surface area contributed by atoms with Gasteiger partial charge in [-0.15, -0.1) is 0 Å². The molecule has 16 heavy (non-hydrogen) atoms. The molecular weight excluding hydrogens is 222 g/mol. The SMILES string of the molecule is CNc1cccc(Sc2nc(C)c(C)o2)n1. The smallest absolute Gasteiger partial charge is 0.262 e. The number of hydrogen-bond acceptors (Lipinski definition) is 5. The van der Waals surface area contributed by atoms with Gasteiger partial charge in [-0.2, -0.15) is 0 Å². The molecule has 0 aliphatic carbocycles. The van der Waals surface area contributed by atoms with Crippen LogP contribution in [0.4, 0.5) is 5.82 Å². The molecule has 2 aromatic rings. The average Bonchev–Trinajstić information content (AvgIpc) is 2.58. The molecule has 0 saturated heterocycles. The van der Waals surface area contributed by atoms with Crippen LogP contribution in [0.3, 0.4) is 0 Å². The van der Waals surface area contributed by atoms with Gasteiger partial charge in [0.15, 0.2) is 0 Å².